The fraction of sp³-hybridized carbons (Fsp3) is 0.667. The Morgan fingerprint density at radius 2 is 2.00 bits per heavy atom. The molecule has 0 amide bonds. The summed E-state index contributed by atoms with van der Waals surface area (Å²) in [7, 11) is -1.86. The number of nitrogens with zero attached hydrogens (tertiary/aromatic N) is 1. The second kappa shape index (κ2) is 8.32. The van der Waals surface area contributed by atoms with Gasteiger partial charge in [-0.25, -0.2) is 12.7 Å². The van der Waals surface area contributed by atoms with Gasteiger partial charge >= 0.3 is 0 Å². The first-order valence-electron chi connectivity index (χ1n) is 8.68. The van der Waals surface area contributed by atoms with Crippen molar-refractivity contribution in [1.29, 1.82) is 0 Å². The Kier molecular flexibility index (Phi) is 6.66. The lowest BCUT2D eigenvalue weighted by atomic mass is 10.1. The van der Waals surface area contributed by atoms with Gasteiger partial charge in [-0.2, -0.15) is 0 Å². The van der Waals surface area contributed by atoms with E-state index in [0.29, 0.717) is 23.6 Å². The van der Waals surface area contributed by atoms with Crippen LogP contribution in [0.25, 0.3) is 0 Å². The number of benzene rings is 1. The van der Waals surface area contributed by atoms with E-state index < -0.39 is 10.0 Å². The van der Waals surface area contributed by atoms with Crippen LogP contribution >= 0.6 is 0 Å². The Morgan fingerprint density at radius 3 is 2.62 bits per heavy atom. The largest absolute Gasteiger partial charge is 0.494 e. The second-order valence-electron chi connectivity index (χ2n) is 6.42. The Balaban J connectivity index is 2.12. The van der Waals surface area contributed by atoms with Gasteiger partial charge in [-0.1, -0.05) is 0 Å². The van der Waals surface area contributed by atoms with Gasteiger partial charge in [-0.05, 0) is 69.7 Å². The molecule has 2 rings (SSSR count). The molecule has 0 saturated carbocycles. The highest BCUT2D eigenvalue weighted by molar-refractivity contribution is 7.89. The van der Waals surface area contributed by atoms with Crippen molar-refractivity contribution in [3.05, 3.63) is 23.3 Å². The van der Waals surface area contributed by atoms with Gasteiger partial charge in [-0.15, -0.1) is 0 Å². The maximum absolute atomic E-state index is 12.9. The van der Waals surface area contributed by atoms with Gasteiger partial charge in [0, 0.05) is 20.2 Å². The number of aryl methyl sites for hydroxylation is 2. The van der Waals surface area contributed by atoms with Crippen LogP contribution in [0.2, 0.25) is 0 Å². The molecule has 0 spiro atoms. The van der Waals surface area contributed by atoms with Crippen molar-refractivity contribution < 1.29 is 17.9 Å². The first-order chi connectivity index (χ1) is 11.4. The van der Waals surface area contributed by atoms with Crippen molar-refractivity contribution in [3.63, 3.8) is 0 Å². The van der Waals surface area contributed by atoms with Crippen LogP contribution in [-0.4, -0.2) is 45.6 Å². The summed E-state index contributed by atoms with van der Waals surface area (Å²) in [5.41, 5.74) is 1.55. The van der Waals surface area contributed by atoms with Crippen LogP contribution in [-0.2, 0) is 14.8 Å². The maximum Gasteiger partial charge on any atom is 0.243 e. The van der Waals surface area contributed by atoms with Crippen molar-refractivity contribution in [2.24, 2.45) is 0 Å². The lowest BCUT2D eigenvalue weighted by Crippen LogP contribution is -2.32. The van der Waals surface area contributed by atoms with Gasteiger partial charge in [0.2, 0.25) is 10.0 Å². The first-order valence-corrected chi connectivity index (χ1v) is 10.1. The van der Waals surface area contributed by atoms with Crippen LogP contribution in [0.1, 0.15) is 43.7 Å². The zero-order valence-corrected chi connectivity index (χ0v) is 16.0. The molecule has 5 nitrogen and oxygen atoms in total. The number of hydrogen-bond acceptors (Lipinski definition) is 4. The highest BCUT2D eigenvalue weighted by Crippen LogP contribution is 2.28. The zero-order valence-electron chi connectivity index (χ0n) is 15.2. The van der Waals surface area contributed by atoms with Crippen molar-refractivity contribution in [3.8, 4) is 5.75 Å². The van der Waals surface area contributed by atoms with E-state index in [9.17, 15) is 8.42 Å². The molecule has 1 saturated heterocycles. The molecule has 136 valence electrons. The van der Waals surface area contributed by atoms with Gasteiger partial charge in [-0.3, -0.25) is 0 Å². The third kappa shape index (κ3) is 4.49. The lowest BCUT2D eigenvalue weighted by Gasteiger charge is -2.25. The molecule has 1 aromatic rings. The van der Waals surface area contributed by atoms with Crippen LogP contribution < -0.4 is 4.74 Å². The molecule has 1 atom stereocenters. The van der Waals surface area contributed by atoms with Crippen LogP contribution in [0.4, 0.5) is 0 Å². The molecule has 0 aliphatic carbocycles. The van der Waals surface area contributed by atoms with Gasteiger partial charge in [0.05, 0.1) is 17.6 Å². The maximum atomic E-state index is 12.9. The SMILES string of the molecule is CCOc1cc(C)c(S(=O)(=O)N(C)CCC2CCCCO2)cc1C. The minimum Gasteiger partial charge on any atom is -0.494 e. The number of sulfonamides is 1. The number of hydrogen-bond donors (Lipinski definition) is 0. The van der Waals surface area contributed by atoms with Crippen molar-refractivity contribution >= 4 is 10.0 Å². The van der Waals surface area contributed by atoms with Crippen molar-refractivity contribution in [1.82, 2.24) is 4.31 Å². The molecule has 1 aliphatic heterocycles. The third-order valence-electron chi connectivity index (χ3n) is 4.50. The summed E-state index contributed by atoms with van der Waals surface area (Å²) in [6.07, 6.45) is 4.22. The summed E-state index contributed by atoms with van der Waals surface area (Å²) in [6.45, 7) is 7.43. The summed E-state index contributed by atoms with van der Waals surface area (Å²) in [4.78, 5) is 0.357. The Bertz CT molecular complexity index is 651. The van der Waals surface area contributed by atoms with E-state index in [0.717, 1.165) is 37.2 Å². The quantitative estimate of drug-likeness (QED) is 0.753. The molecule has 0 bridgehead atoms. The summed E-state index contributed by atoms with van der Waals surface area (Å²) in [5, 5.41) is 0. The molecule has 0 aromatic heterocycles. The Hall–Kier alpha value is -1.11. The van der Waals surface area contributed by atoms with Crippen molar-refractivity contribution in [2.75, 3.05) is 26.8 Å². The summed E-state index contributed by atoms with van der Waals surface area (Å²) in [5.74, 6) is 0.743. The molecule has 6 heteroatoms. The molecule has 1 fully saturated rings. The van der Waals surface area contributed by atoms with Crippen LogP contribution in [0.5, 0.6) is 5.75 Å². The van der Waals surface area contributed by atoms with Gasteiger partial charge in [0.15, 0.2) is 0 Å². The van der Waals surface area contributed by atoms with Gasteiger partial charge < -0.3 is 9.47 Å². The molecule has 1 aromatic carbocycles. The minimum absolute atomic E-state index is 0.180. The van der Waals surface area contributed by atoms with E-state index in [1.807, 2.05) is 26.8 Å². The van der Waals surface area contributed by atoms with E-state index >= 15 is 0 Å². The van der Waals surface area contributed by atoms with Crippen LogP contribution in [0.3, 0.4) is 0 Å². The molecule has 24 heavy (non-hydrogen) atoms. The lowest BCUT2D eigenvalue weighted by molar-refractivity contribution is 0.00950. The number of ether oxygens (including phenoxy) is 2. The normalized spacial score (nSPS) is 18.8. The zero-order chi connectivity index (χ0) is 17.7. The highest BCUT2D eigenvalue weighted by atomic mass is 32.2. The van der Waals surface area contributed by atoms with E-state index in [-0.39, 0.29) is 6.10 Å². The second-order valence-corrected chi connectivity index (χ2v) is 8.43. The average Bonchev–Trinajstić information content (AvgIpc) is 2.56. The average molecular weight is 356 g/mol. The van der Waals surface area contributed by atoms with Crippen molar-refractivity contribution in [2.45, 2.75) is 57.5 Å². The summed E-state index contributed by atoms with van der Waals surface area (Å²) in [6, 6.07) is 3.52. The standard InChI is InChI=1S/C18H29NO4S/c1-5-22-17-12-15(3)18(13-14(17)2)24(20,21)19(4)10-9-16-8-6-7-11-23-16/h12-13,16H,5-11H2,1-4H3. The van der Waals surface area contributed by atoms with E-state index in [2.05, 4.69) is 0 Å². The fourth-order valence-corrected chi connectivity index (χ4v) is 4.47. The Labute approximate surface area is 146 Å². The predicted octanol–water partition coefficient (Wildman–Crippen LogP) is 3.28. The Morgan fingerprint density at radius 1 is 1.25 bits per heavy atom. The van der Waals surface area contributed by atoms with E-state index in [1.165, 1.54) is 10.7 Å². The van der Waals surface area contributed by atoms with E-state index in [1.54, 1.807) is 13.1 Å². The topological polar surface area (TPSA) is 55.8 Å². The summed E-state index contributed by atoms with van der Waals surface area (Å²) >= 11 is 0. The monoisotopic (exact) mass is 355 g/mol. The highest BCUT2D eigenvalue weighted by Gasteiger charge is 2.25. The summed E-state index contributed by atoms with van der Waals surface area (Å²) < 4.78 is 38.5. The molecular formula is C18H29NO4S. The molecule has 1 unspecified atom stereocenters. The third-order valence-corrected chi connectivity index (χ3v) is 6.50. The van der Waals surface area contributed by atoms with Crippen LogP contribution in [0.15, 0.2) is 17.0 Å². The minimum atomic E-state index is -3.50. The molecule has 0 N–H and O–H groups in total. The molecular weight excluding hydrogens is 326 g/mol. The molecule has 1 aliphatic rings. The smallest absolute Gasteiger partial charge is 0.243 e. The van der Waals surface area contributed by atoms with E-state index in [4.69, 9.17) is 9.47 Å². The first kappa shape index (κ1) is 19.2. The molecule has 1 heterocycles. The molecule has 0 radical (unpaired) electrons. The van der Waals surface area contributed by atoms with Gasteiger partial charge in [0.25, 0.3) is 0 Å². The number of rotatable bonds is 7. The van der Waals surface area contributed by atoms with Crippen LogP contribution in [0, 0.1) is 13.8 Å². The fourth-order valence-electron chi connectivity index (χ4n) is 3.00. The predicted molar refractivity (Wildman–Crippen MR) is 95.1 cm³/mol. The van der Waals surface area contributed by atoms with Gasteiger partial charge in [0.1, 0.15) is 5.75 Å².